The van der Waals surface area contributed by atoms with E-state index in [0.717, 1.165) is 6.42 Å². The predicted octanol–water partition coefficient (Wildman–Crippen LogP) is 0.141. The summed E-state index contributed by atoms with van der Waals surface area (Å²) in [5.74, 6) is -2.40. The number of carbonyl (C=O) groups is 2. The van der Waals surface area contributed by atoms with Crippen LogP contribution in [-0.4, -0.2) is 38.5 Å². The third-order valence-electron chi connectivity index (χ3n) is 2.89. The molecule has 1 aromatic heterocycles. The molecule has 2 atom stereocenters. The van der Waals surface area contributed by atoms with Crippen molar-refractivity contribution in [3.05, 3.63) is 12.4 Å². The molecule has 0 saturated heterocycles. The minimum Gasteiger partial charge on any atom is -0.481 e. The van der Waals surface area contributed by atoms with E-state index >= 15 is 0 Å². The Morgan fingerprint density at radius 1 is 1.39 bits per heavy atom. The predicted molar refractivity (Wildman–Crippen MR) is 63.6 cm³/mol. The van der Waals surface area contributed by atoms with E-state index < -0.39 is 17.8 Å². The van der Waals surface area contributed by atoms with Gasteiger partial charge in [-0.2, -0.15) is 0 Å². The van der Waals surface area contributed by atoms with Gasteiger partial charge < -0.3 is 10.4 Å². The maximum absolute atomic E-state index is 11.6. The van der Waals surface area contributed by atoms with Crippen LogP contribution in [0.1, 0.15) is 20.3 Å². The second kappa shape index (κ2) is 6.73. The highest BCUT2D eigenvalue weighted by Gasteiger charge is 2.25. The highest BCUT2D eigenvalue weighted by molar-refractivity contribution is 5.84. The lowest BCUT2D eigenvalue weighted by Crippen LogP contribution is -2.35. The van der Waals surface area contributed by atoms with Gasteiger partial charge in [0, 0.05) is 25.2 Å². The van der Waals surface area contributed by atoms with Crippen molar-refractivity contribution in [3.8, 4) is 0 Å². The number of aliphatic carboxylic acids is 1. The summed E-state index contributed by atoms with van der Waals surface area (Å²) in [4.78, 5) is 22.4. The minimum atomic E-state index is -0.958. The van der Waals surface area contributed by atoms with Crippen LogP contribution < -0.4 is 5.32 Å². The lowest BCUT2D eigenvalue weighted by Gasteiger charge is -2.15. The van der Waals surface area contributed by atoms with Crippen LogP contribution in [0.3, 0.4) is 0 Å². The third-order valence-corrected chi connectivity index (χ3v) is 2.89. The number of amides is 1. The molecule has 18 heavy (non-hydrogen) atoms. The summed E-state index contributed by atoms with van der Waals surface area (Å²) in [6, 6.07) is 0. The molecule has 0 aromatic carbocycles. The summed E-state index contributed by atoms with van der Waals surface area (Å²) in [6.45, 7) is 4.31. The fourth-order valence-corrected chi connectivity index (χ4v) is 1.41. The molecule has 1 amide bonds. The smallest absolute Gasteiger partial charge is 0.307 e. The van der Waals surface area contributed by atoms with Crippen LogP contribution in [0.15, 0.2) is 12.4 Å². The Morgan fingerprint density at radius 3 is 2.67 bits per heavy atom. The molecule has 0 aliphatic carbocycles. The highest BCUT2D eigenvalue weighted by atomic mass is 16.4. The Labute approximate surface area is 105 Å². The number of nitrogens with one attached hydrogen (secondary N) is 1. The number of rotatable bonds is 7. The normalized spacial score (nSPS) is 13.9. The highest BCUT2D eigenvalue weighted by Crippen LogP contribution is 2.10. The summed E-state index contributed by atoms with van der Waals surface area (Å²) >= 11 is 0. The number of aryl methyl sites for hydroxylation is 1. The molecule has 0 aliphatic heterocycles. The lowest BCUT2D eigenvalue weighted by molar-refractivity contribution is -0.146. The zero-order valence-electron chi connectivity index (χ0n) is 10.5. The molecule has 0 saturated carbocycles. The molecule has 1 heterocycles. The van der Waals surface area contributed by atoms with Crippen LogP contribution >= 0.6 is 0 Å². The van der Waals surface area contributed by atoms with Crippen molar-refractivity contribution in [3.63, 3.8) is 0 Å². The molecule has 0 bridgehead atoms. The number of hydrogen-bond acceptors (Lipinski definition) is 4. The van der Waals surface area contributed by atoms with Gasteiger partial charge in [0.1, 0.15) is 0 Å². The number of aromatic nitrogens is 3. The maximum atomic E-state index is 11.6. The van der Waals surface area contributed by atoms with Crippen molar-refractivity contribution in [2.24, 2.45) is 11.8 Å². The molecule has 2 unspecified atom stereocenters. The molecule has 0 fully saturated rings. The fourth-order valence-electron chi connectivity index (χ4n) is 1.41. The van der Waals surface area contributed by atoms with E-state index in [1.54, 1.807) is 24.0 Å². The summed E-state index contributed by atoms with van der Waals surface area (Å²) < 4.78 is 1.68. The Bertz CT molecular complexity index is 391. The van der Waals surface area contributed by atoms with Crippen molar-refractivity contribution in [2.45, 2.75) is 26.8 Å². The average molecular weight is 254 g/mol. The third kappa shape index (κ3) is 4.15. The monoisotopic (exact) mass is 254 g/mol. The van der Waals surface area contributed by atoms with Gasteiger partial charge in [0.05, 0.1) is 12.1 Å². The number of hydrogen-bond donors (Lipinski definition) is 2. The molecule has 0 spiro atoms. The molecule has 0 radical (unpaired) electrons. The molecular formula is C11H18N4O3. The Kier molecular flexibility index (Phi) is 5.29. The second-order valence-electron chi connectivity index (χ2n) is 4.23. The topological polar surface area (TPSA) is 97.1 Å². The van der Waals surface area contributed by atoms with Crippen molar-refractivity contribution >= 4 is 11.9 Å². The SMILES string of the molecule is CC(C(=O)O)C(C)C(=O)NCCCn1ccnn1. The summed E-state index contributed by atoms with van der Waals surface area (Å²) in [5.41, 5.74) is 0. The van der Waals surface area contributed by atoms with E-state index in [1.807, 2.05) is 0 Å². The van der Waals surface area contributed by atoms with Gasteiger partial charge in [0.25, 0.3) is 0 Å². The minimum absolute atomic E-state index is 0.233. The van der Waals surface area contributed by atoms with Gasteiger partial charge in [0.15, 0.2) is 0 Å². The van der Waals surface area contributed by atoms with Gasteiger partial charge in [0.2, 0.25) is 5.91 Å². The zero-order valence-corrected chi connectivity index (χ0v) is 10.5. The van der Waals surface area contributed by atoms with Crippen molar-refractivity contribution in [2.75, 3.05) is 6.54 Å². The van der Waals surface area contributed by atoms with Gasteiger partial charge in [-0.1, -0.05) is 19.1 Å². The van der Waals surface area contributed by atoms with Gasteiger partial charge >= 0.3 is 5.97 Å². The molecular weight excluding hydrogens is 236 g/mol. The maximum Gasteiger partial charge on any atom is 0.307 e. The Morgan fingerprint density at radius 2 is 2.11 bits per heavy atom. The van der Waals surface area contributed by atoms with Crippen LogP contribution in [-0.2, 0) is 16.1 Å². The second-order valence-corrected chi connectivity index (χ2v) is 4.23. The van der Waals surface area contributed by atoms with E-state index in [0.29, 0.717) is 13.1 Å². The first-order valence-corrected chi connectivity index (χ1v) is 5.87. The van der Waals surface area contributed by atoms with E-state index in [4.69, 9.17) is 5.11 Å². The van der Waals surface area contributed by atoms with Crippen LogP contribution in [0.25, 0.3) is 0 Å². The van der Waals surface area contributed by atoms with Crippen molar-refractivity contribution in [1.82, 2.24) is 20.3 Å². The number of nitrogens with zero attached hydrogens (tertiary/aromatic N) is 3. The molecule has 1 aromatic rings. The summed E-state index contributed by atoms with van der Waals surface area (Å²) in [5, 5.41) is 19.0. The molecule has 2 N–H and O–H groups in total. The molecule has 1 rings (SSSR count). The Balaban J connectivity index is 2.22. The quantitative estimate of drug-likeness (QED) is 0.675. The van der Waals surface area contributed by atoms with E-state index in [1.165, 1.54) is 6.92 Å². The van der Waals surface area contributed by atoms with Crippen molar-refractivity contribution in [1.29, 1.82) is 0 Å². The number of carbonyl (C=O) groups excluding carboxylic acids is 1. The summed E-state index contributed by atoms with van der Waals surface area (Å²) in [7, 11) is 0. The van der Waals surface area contributed by atoms with Gasteiger partial charge in [-0.15, -0.1) is 5.10 Å². The first-order chi connectivity index (χ1) is 8.52. The molecule has 0 aliphatic rings. The largest absolute Gasteiger partial charge is 0.481 e. The first-order valence-electron chi connectivity index (χ1n) is 5.87. The Hall–Kier alpha value is -1.92. The van der Waals surface area contributed by atoms with Crippen LogP contribution in [0.4, 0.5) is 0 Å². The average Bonchev–Trinajstić information content (AvgIpc) is 2.85. The van der Waals surface area contributed by atoms with Crippen LogP contribution in [0.2, 0.25) is 0 Å². The number of carboxylic acids is 1. The van der Waals surface area contributed by atoms with Crippen molar-refractivity contribution < 1.29 is 14.7 Å². The summed E-state index contributed by atoms with van der Waals surface area (Å²) in [6.07, 6.45) is 4.06. The fraction of sp³-hybridized carbons (Fsp3) is 0.636. The van der Waals surface area contributed by atoms with Gasteiger partial charge in [-0.3, -0.25) is 14.3 Å². The zero-order chi connectivity index (χ0) is 13.5. The van der Waals surface area contributed by atoms with Crippen LogP contribution in [0, 0.1) is 11.8 Å². The lowest BCUT2D eigenvalue weighted by atomic mass is 9.95. The molecule has 7 nitrogen and oxygen atoms in total. The van der Waals surface area contributed by atoms with E-state index in [2.05, 4.69) is 15.6 Å². The number of carboxylic acid groups (broad SMARTS) is 1. The van der Waals surface area contributed by atoms with Gasteiger partial charge in [-0.25, -0.2) is 0 Å². The van der Waals surface area contributed by atoms with E-state index in [9.17, 15) is 9.59 Å². The van der Waals surface area contributed by atoms with Gasteiger partial charge in [-0.05, 0) is 6.42 Å². The molecule has 100 valence electrons. The van der Waals surface area contributed by atoms with E-state index in [-0.39, 0.29) is 5.91 Å². The standard InChI is InChI=1S/C11H18N4O3/c1-8(9(2)11(17)18)10(16)12-4-3-6-15-7-5-13-14-15/h5,7-9H,3-4,6H2,1-2H3,(H,12,16)(H,17,18). The first kappa shape index (κ1) is 14.1. The van der Waals surface area contributed by atoms with Crippen LogP contribution in [0.5, 0.6) is 0 Å². The molecule has 7 heteroatoms.